The van der Waals surface area contributed by atoms with Crippen LogP contribution in [0.4, 0.5) is 5.69 Å². The van der Waals surface area contributed by atoms with Crippen molar-refractivity contribution in [3.8, 4) is 0 Å². The minimum atomic E-state index is -3.40. The minimum Gasteiger partial charge on any atom is -0.369 e. The average molecular weight is 555 g/mol. The lowest BCUT2D eigenvalue weighted by Gasteiger charge is -2.20. The Hall–Kier alpha value is -1.85. The van der Waals surface area contributed by atoms with E-state index in [1.807, 2.05) is 18.2 Å². The zero-order valence-corrected chi connectivity index (χ0v) is 20.8. The number of rotatable bonds is 7. The van der Waals surface area contributed by atoms with Crippen molar-refractivity contribution >= 4 is 45.6 Å². The van der Waals surface area contributed by atoms with Gasteiger partial charge < -0.3 is 15.5 Å². The summed E-state index contributed by atoms with van der Waals surface area (Å²) >= 11 is 0. The van der Waals surface area contributed by atoms with Gasteiger partial charge in [0.05, 0.1) is 4.90 Å². The number of aliphatic imine (C=N–C) groups is 1. The van der Waals surface area contributed by atoms with Gasteiger partial charge in [0.25, 0.3) is 0 Å². The second kappa shape index (κ2) is 10.6. The summed E-state index contributed by atoms with van der Waals surface area (Å²) in [6.07, 6.45) is 2.91. The Kier molecular flexibility index (Phi) is 8.17. The largest absolute Gasteiger partial charge is 0.369 e. The molecule has 0 amide bonds. The summed E-state index contributed by atoms with van der Waals surface area (Å²) in [5.41, 5.74) is 2.25. The van der Waals surface area contributed by atoms with E-state index in [1.54, 1.807) is 19.2 Å². The molecule has 0 bridgehead atoms. The monoisotopic (exact) mass is 555 g/mol. The van der Waals surface area contributed by atoms with Crippen LogP contribution >= 0.6 is 24.0 Å². The molecule has 7 nitrogen and oxygen atoms in total. The van der Waals surface area contributed by atoms with Gasteiger partial charge >= 0.3 is 0 Å². The Labute approximate surface area is 201 Å². The van der Waals surface area contributed by atoms with Crippen molar-refractivity contribution in [1.82, 2.24) is 15.4 Å². The Morgan fingerprint density at radius 2 is 1.74 bits per heavy atom. The van der Waals surface area contributed by atoms with E-state index in [-0.39, 0.29) is 30.0 Å². The molecule has 1 atom stereocenters. The van der Waals surface area contributed by atoms with Crippen LogP contribution < -0.4 is 20.3 Å². The molecule has 2 aromatic carbocycles. The lowest BCUT2D eigenvalue weighted by molar-refractivity contribution is 0.581. The highest BCUT2D eigenvalue weighted by atomic mass is 127. The summed E-state index contributed by atoms with van der Waals surface area (Å²) in [6, 6.07) is 17.9. The smallest absolute Gasteiger partial charge is 0.240 e. The molecule has 2 aromatic rings. The molecule has 1 saturated heterocycles. The van der Waals surface area contributed by atoms with Crippen LogP contribution in [0.1, 0.15) is 24.8 Å². The van der Waals surface area contributed by atoms with Crippen LogP contribution in [-0.4, -0.2) is 46.6 Å². The first kappa shape index (κ1) is 23.8. The van der Waals surface area contributed by atoms with Crippen molar-refractivity contribution in [1.29, 1.82) is 0 Å². The molecule has 0 spiro atoms. The van der Waals surface area contributed by atoms with Gasteiger partial charge in [-0.25, -0.2) is 13.1 Å². The SMILES string of the molecule is CN=C(NCc1ccc(S(=O)(=O)NC2CC2)cc1)NC1CCN(c2ccccc2)C1.I. The van der Waals surface area contributed by atoms with E-state index in [9.17, 15) is 8.42 Å². The molecule has 1 unspecified atom stereocenters. The molecule has 2 aliphatic rings. The molecular weight excluding hydrogens is 525 g/mol. The van der Waals surface area contributed by atoms with Gasteiger partial charge in [-0.2, -0.15) is 0 Å². The standard InChI is InChI=1S/C22H29N5O2S.HI/c1-23-22(25-19-13-14-27(16-19)20-5-3-2-4-6-20)24-15-17-7-11-21(12-8-17)30(28,29)26-18-9-10-18;/h2-8,11-12,18-19,26H,9-10,13-16H2,1H3,(H2,23,24,25);1H. The number of hydrogen-bond acceptors (Lipinski definition) is 4. The maximum atomic E-state index is 12.3. The third-order valence-corrected chi connectivity index (χ3v) is 7.00. The van der Waals surface area contributed by atoms with Crippen molar-refractivity contribution < 1.29 is 8.42 Å². The second-order valence-electron chi connectivity index (χ2n) is 7.88. The van der Waals surface area contributed by atoms with Crippen LogP contribution in [0.15, 0.2) is 64.5 Å². The number of hydrogen-bond donors (Lipinski definition) is 3. The summed E-state index contributed by atoms with van der Waals surface area (Å²) in [5.74, 6) is 0.752. The number of nitrogens with one attached hydrogen (secondary N) is 3. The first-order valence-corrected chi connectivity index (χ1v) is 11.9. The quantitative estimate of drug-likeness (QED) is 0.278. The molecule has 4 rings (SSSR count). The molecule has 1 saturated carbocycles. The molecule has 3 N–H and O–H groups in total. The second-order valence-corrected chi connectivity index (χ2v) is 9.59. The van der Waals surface area contributed by atoms with Crippen molar-refractivity contribution in [2.75, 3.05) is 25.0 Å². The third kappa shape index (κ3) is 6.56. The van der Waals surface area contributed by atoms with Crippen LogP contribution in [0, 0.1) is 0 Å². The van der Waals surface area contributed by atoms with Crippen LogP contribution in [0.25, 0.3) is 0 Å². The fourth-order valence-corrected chi connectivity index (χ4v) is 4.91. The predicted molar refractivity (Wildman–Crippen MR) is 136 cm³/mol. The number of nitrogens with zero attached hydrogens (tertiary/aromatic N) is 2. The van der Waals surface area contributed by atoms with Gasteiger partial charge in [0.2, 0.25) is 10.0 Å². The molecule has 2 fully saturated rings. The van der Waals surface area contributed by atoms with Crippen molar-refractivity contribution in [3.63, 3.8) is 0 Å². The number of anilines is 1. The van der Waals surface area contributed by atoms with Crippen LogP contribution in [0.5, 0.6) is 0 Å². The minimum absolute atomic E-state index is 0. The van der Waals surface area contributed by atoms with E-state index in [0.717, 1.165) is 43.9 Å². The van der Waals surface area contributed by atoms with Gasteiger partial charge in [0, 0.05) is 44.5 Å². The third-order valence-electron chi connectivity index (χ3n) is 5.47. The topological polar surface area (TPSA) is 85.8 Å². The van der Waals surface area contributed by atoms with E-state index in [2.05, 4.69) is 49.5 Å². The summed E-state index contributed by atoms with van der Waals surface area (Å²) in [7, 11) is -1.64. The highest BCUT2D eigenvalue weighted by Gasteiger charge is 2.28. The highest BCUT2D eigenvalue weighted by molar-refractivity contribution is 14.0. The number of guanidine groups is 1. The van der Waals surface area contributed by atoms with E-state index in [0.29, 0.717) is 17.5 Å². The first-order chi connectivity index (χ1) is 14.5. The molecule has 168 valence electrons. The molecular formula is C22H30IN5O2S. The summed E-state index contributed by atoms with van der Waals surface area (Å²) < 4.78 is 27.2. The van der Waals surface area contributed by atoms with Crippen LogP contribution in [0.3, 0.4) is 0 Å². The zero-order chi connectivity index (χ0) is 21.0. The number of halogens is 1. The molecule has 31 heavy (non-hydrogen) atoms. The Morgan fingerprint density at radius 3 is 2.39 bits per heavy atom. The maximum Gasteiger partial charge on any atom is 0.240 e. The van der Waals surface area contributed by atoms with Gasteiger partial charge in [0.1, 0.15) is 0 Å². The Balaban J connectivity index is 0.00000272. The van der Waals surface area contributed by atoms with Crippen molar-refractivity contribution in [2.45, 2.75) is 42.8 Å². The normalized spacial score (nSPS) is 19.1. The highest BCUT2D eigenvalue weighted by Crippen LogP contribution is 2.22. The fourth-order valence-electron chi connectivity index (χ4n) is 3.60. The number of sulfonamides is 1. The summed E-state index contributed by atoms with van der Waals surface area (Å²) in [4.78, 5) is 7.02. The average Bonchev–Trinajstić information content (AvgIpc) is 3.44. The molecule has 9 heteroatoms. The zero-order valence-electron chi connectivity index (χ0n) is 17.6. The summed E-state index contributed by atoms with van der Waals surface area (Å²) in [6.45, 7) is 2.53. The van der Waals surface area contributed by atoms with Crippen LogP contribution in [0.2, 0.25) is 0 Å². The van der Waals surface area contributed by atoms with E-state index in [1.165, 1.54) is 5.69 Å². The maximum absolute atomic E-state index is 12.3. The Morgan fingerprint density at radius 1 is 1.03 bits per heavy atom. The lowest BCUT2D eigenvalue weighted by Crippen LogP contribution is -2.44. The predicted octanol–water partition coefficient (Wildman–Crippen LogP) is 2.69. The van der Waals surface area contributed by atoms with Crippen molar-refractivity contribution in [3.05, 3.63) is 60.2 Å². The molecule has 1 aliphatic carbocycles. The van der Waals surface area contributed by atoms with Gasteiger partial charge in [-0.1, -0.05) is 30.3 Å². The first-order valence-electron chi connectivity index (χ1n) is 10.4. The Bertz CT molecular complexity index is 979. The molecule has 0 radical (unpaired) electrons. The van der Waals surface area contributed by atoms with E-state index >= 15 is 0 Å². The fraction of sp³-hybridized carbons (Fsp3) is 0.409. The lowest BCUT2D eigenvalue weighted by atomic mass is 10.2. The molecule has 0 aromatic heterocycles. The van der Waals surface area contributed by atoms with Gasteiger partial charge in [-0.05, 0) is 49.1 Å². The van der Waals surface area contributed by atoms with Gasteiger partial charge in [-0.3, -0.25) is 4.99 Å². The molecule has 1 heterocycles. The number of benzene rings is 2. The molecule has 1 aliphatic heterocycles. The van der Waals surface area contributed by atoms with Gasteiger partial charge in [-0.15, -0.1) is 24.0 Å². The van der Waals surface area contributed by atoms with E-state index in [4.69, 9.17) is 0 Å². The van der Waals surface area contributed by atoms with Crippen LogP contribution in [-0.2, 0) is 16.6 Å². The van der Waals surface area contributed by atoms with Gasteiger partial charge in [0.15, 0.2) is 5.96 Å². The number of para-hydroxylation sites is 1. The summed E-state index contributed by atoms with van der Waals surface area (Å²) in [5, 5.41) is 6.81. The van der Waals surface area contributed by atoms with Crippen molar-refractivity contribution in [2.24, 2.45) is 4.99 Å². The van der Waals surface area contributed by atoms with E-state index < -0.39 is 10.0 Å².